The van der Waals surface area contributed by atoms with Crippen LogP contribution in [0.4, 0.5) is 0 Å². The number of piperidine rings is 1. The van der Waals surface area contributed by atoms with Crippen molar-refractivity contribution in [2.24, 2.45) is 7.05 Å². The highest BCUT2D eigenvalue weighted by atomic mass is 16.5. The van der Waals surface area contributed by atoms with Gasteiger partial charge in [-0.25, -0.2) is 0 Å². The minimum Gasteiger partial charge on any atom is -0.373 e. The van der Waals surface area contributed by atoms with Crippen LogP contribution in [0.2, 0.25) is 0 Å². The van der Waals surface area contributed by atoms with E-state index in [4.69, 9.17) is 4.74 Å². The molecule has 0 N–H and O–H groups in total. The summed E-state index contributed by atoms with van der Waals surface area (Å²) in [4.78, 5) is 30.0. The molecule has 0 bridgehead atoms. The van der Waals surface area contributed by atoms with E-state index < -0.39 is 0 Å². The van der Waals surface area contributed by atoms with E-state index in [-0.39, 0.29) is 23.6 Å². The van der Waals surface area contributed by atoms with Crippen molar-refractivity contribution in [1.82, 2.24) is 24.1 Å². The summed E-state index contributed by atoms with van der Waals surface area (Å²) in [6.07, 6.45) is 9.04. The van der Waals surface area contributed by atoms with Gasteiger partial charge < -0.3 is 19.1 Å². The van der Waals surface area contributed by atoms with Crippen molar-refractivity contribution in [3.8, 4) is 0 Å². The fourth-order valence-corrected chi connectivity index (χ4v) is 4.57. The third-order valence-electron chi connectivity index (χ3n) is 6.15. The normalized spacial score (nSPS) is 22.9. The number of likely N-dealkylation sites (tertiary alicyclic amines) is 1. The number of rotatable bonds is 5. The van der Waals surface area contributed by atoms with Crippen molar-refractivity contribution in [3.05, 3.63) is 52.2 Å². The van der Waals surface area contributed by atoms with Crippen molar-refractivity contribution in [1.29, 1.82) is 0 Å². The molecule has 1 amide bonds. The molecule has 0 aliphatic carbocycles. The van der Waals surface area contributed by atoms with Gasteiger partial charge in [0.2, 0.25) is 0 Å². The van der Waals surface area contributed by atoms with Crippen LogP contribution in [-0.2, 0) is 18.3 Å². The van der Waals surface area contributed by atoms with Gasteiger partial charge in [-0.3, -0.25) is 14.3 Å². The van der Waals surface area contributed by atoms with E-state index in [9.17, 15) is 9.59 Å². The van der Waals surface area contributed by atoms with Crippen LogP contribution in [0.5, 0.6) is 0 Å². The number of nitrogens with zero attached hydrogens (tertiary/aromatic N) is 5. The lowest BCUT2D eigenvalue weighted by molar-refractivity contribution is -0.0741. The van der Waals surface area contributed by atoms with Crippen LogP contribution >= 0.6 is 0 Å². The number of amides is 1. The minimum atomic E-state index is -0.226. The molecular weight excluding hydrogens is 382 g/mol. The molecule has 8 heteroatoms. The van der Waals surface area contributed by atoms with Crippen LogP contribution in [0.15, 0.2) is 35.5 Å². The lowest BCUT2D eigenvalue weighted by Crippen LogP contribution is -2.52. The van der Waals surface area contributed by atoms with E-state index in [0.717, 1.165) is 25.2 Å². The Morgan fingerprint density at radius 3 is 2.70 bits per heavy atom. The number of ether oxygens (including phenoxy) is 1. The second-order valence-corrected chi connectivity index (χ2v) is 8.20. The van der Waals surface area contributed by atoms with Crippen LogP contribution in [0.1, 0.15) is 48.1 Å². The number of aryl methyl sites for hydroxylation is 2. The van der Waals surface area contributed by atoms with Gasteiger partial charge in [0.05, 0.1) is 24.9 Å². The third-order valence-corrected chi connectivity index (χ3v) is 6.15. The standard InChI is InChI=1S/C22H31N5O3/c1-3-26-10-7-17(13-20(26)28)22(29)27-11-12-30-19(16-25-8-5-4-6-9-25)21(27)18-14-23-24(2)15-18/h7,10,13-15,19,21H,3-6,8-9,11-12,16H2,1-2H3/t19-,21-/m0/s1. The first kappa shape index (κ1) is 20.8. The van der Waals surface area contributed by atoms with Crippen molar-refractivity contribution in [2.75, 3.05) is 32.8 Å². The first-order chi connectivity index (χ1) is 14.6. The molecule has 2 aromatic rings. The summed E-state index contributed by atoms with van der Waals surface area (Å²) in [6.45, 7) is 6.42. The molecule has 30 heavy (non-hydrogen) atoms. The van der Waals surface area contributed by atoms with Crippen LogP contribution in [0, 0.1) is 0 Å². The zero-order valence-electron chi connectivity index (χ0n) is 17.9. The first-order valence-corrected chi connectivity index (χ1v) is 10.9. The SMILES string of the molecule is CCn1ccc(C(=O)N2CCO[C@@H](CN3CCCCC3)[C@@H]2c2cnn(C)c2)cc1=O. The summed E-state index contributed by atoms with van der Waals surface area (Å²) in [5.74, 6) is -0.129. The van der Waals surface area contributed by atoms with Gasteiger partial charge in [0.1, 0.15) is 0 Å². The summed E-state index contributed by atoms with van der Waals surface area (Å²) in [6, 6.07) is 2.96. The van der Waals surface area contributed by atoms with Crippen LogP contribution in [-0.4, -0.2) is 68.9 Å². The van der Waals surface area contributed by atoms with E-state index in [1.54, 1.807) is 21.5 Å². The fourth-order valence-electron chi connectivity index (χ4n) is 4.57. The number of hydrogen-bond donors (Lipinski definition) is 0. The number of aromatic nitrogens is 3. The number of pyridine rings is 1. The molecule has 8 nitrogen and oxygen atoms in total. The number of morpholine rings is 1. The Labute approximate surface area is 177 Å². The Kier molecular flexibility index (Phi) is 6.34. The van der Waals surface area contributed by atoms with Gasteiger partial charge in [-0.2, -0.15) is 5.10 Å². The molecule has 2 aromatic heterocycles. The van der Waals surface area contributed by atoms with Crippen molar-refractivity contribution < 1.29 is 9.53 Å². The quantitative estimate of drug-likeness (QED) is 0.746. The largest absolute Gasteiger partial charge is 0.373 e. The maximum absolute atomic E-state index is 13.5. The molecule has 2 fully saturated rings. The van der Waals surface area contributed by atoms with Crippen molar-refractivity contribution in [3.63, 3.8) is 0 Å². The molecule has 2 aliphatic rings. The van der Waals surface area contributed by atoms with Crippen LogP contribution in [0.25, 0.3) is 0 Å². The van der Waals surface area contributed by atoms with Gasteiger partial charge in [0, 0.05) is 56.3 Å². The maximum atomic E-state index is 13.5. The Balaban J connectivity index is 1.63. The molecule has 4 heterocycles. The molecule has 0 saturated carbocycles. The highest BCUT2D eigenvalue weighted by Gasteiger charge is 2.38. The van der Waals surface area contributed by atoms with Crippen LogP contribution < -0.4 is 5.56 Å². The number of hydrogen-bond acceptors (Lipinski definition) is 5. The molecule has 2 atom stereocenters. The molecule has 2 saturated heterocycles. The van der Waals surface area contributed by atoms with Crippen molar-refractivity contribution >= 4 is 5.91 Å². The van der Waals surface area contributed by atoms with E-state index in [0.29, 0.717) is 25.3 Å². The number of carbonyl (C=O) groups excluding carboxylic acids is 1. The predicted octanol–water partition coefficient (Wildman–Crippen LogP) is 1.67. The van der Waals surface area contributed by atoms with Gasteiger partial charge in [-0.05, 0) is 38.9 Å². The fraction of sp³-hybridized carbons (Fsp3) is 0.591. The van der Waals surface area contributed by atoms with E-state index in [2.05, 4.69) is 10.00 Å². The number of carbonyl (C=O) groups is 1. The average Bonchev–Trinajstić information content (AvgIpc) is 3.19. The summed E-state index contributed by atoms with van der Waals surface area (Å²) < 4.78 is 9.54. The summed E-state index contributed by atoms with van der Waals surface area (Å²) in [7, 11) is 1.88. The lowest BCUT2D eigenvalue weighted by atomic mass is 9.98. The topological polar surface area (TPSA) is 72.6 Å². The molecule has 0 radical (unpaired) electrons. The lowest BCUT2D eigenvalue weighted by Gasteiger charge is -2.43. The molecule has 0 unspecified atom stereocenters. The first-order valence-electron chi connectivity index (χ1n) is 10.9. The smallest absolute Gasteiger partial charge is 0.254 e. The second-order valence-electron chi connectivity index (χ2n) is 8.20. The molecule has 2 aliphatic heterocycles. The van der Waals surface area contributed by atoms with Crippen molar-refractivity contribution in [2.45, 2.75) is 44.9 Å². The van der Waals surface area contributed by atoms with Gasteiger partial charge in [0.25, 0.3) is 11.5 Å². The Bertz CT molecular complexity index is 931. The molecular formula is C22H31N5O3. The van der Waals surface area contributed by atoms with Gasteiger partial charge in [0.15, 0.2) is 0 Å². The monoisotopic (exact) mass is 413 g/mol. The predicted molar refractivity (Wildman–Crippen MR) is 113 cm³/mol. The minimum absolute atomic E-state index is 0.124. The van der Waals surface area contributed by atoms with Gasteiger partial charge >= 0.3 is 0 Å². The van der Waals surface area contributed by atoms with Gasteiger partial charge in [-0.1, -0.05) is 6.42 Å². The summed E-state index contributed by atoms with van der Waals surface area (Å²) in [5, 5.41) is 4.33. The summed E-state index contributed by atoms with van der Waals surface area (Å²) >= 11 is 0. The van der Waals surface area contributed by atoms with E-state index in [1.165, 1.54) is 25.3 Å². The zero-order chi connectivity index (χ0) is 21.1. The van der Waals surface area contributed by atoms with E-state index >= 15 is 0 Å². The molecule has 4 rings (SSSR count). The Morgan fingerprint density at radius 2 is 2.03 bits per heavy atom. The average molecular weight is 414 g/mol. The maximum Gasteiger partial charge on any atom is 0.254 e. The Hall–Kier alpha value is -2.45. The Morgan fingerprint density at radius 1 is 1.23 bits per heavy atom. The zero-order valence-corrected chi connectivity index (χ0v) is 17.9. The van der Waals surface area contributed by atoms with Crippen LogP contribution in [0.3, 0.4) is 0 Å². The second kappa shape index (κ2) is 9.14. The highest BCUT2D eigenvalue weighted by Crippen LogP contribution is 2.31. The molecule has 0 spiro atoms. The summed E-state index contributed by atoms with van der Waals surface area (Å²) in [5.41, 5.74) is 1.24. The highest BCUT2D eigenvalue weighted by molar-refractivity contribution is 5.94. The third kappa shape index (κ3) is 4.34. The van der Waals surface area contributed by atoms with Gasteiger partial charge in [-0.15, -0.1) is 0 Å². The molecule has 0 aromatic carbocycles. The van der Waals surface area contributed by atoms with E-state index in [1.807, 2.05) is 31.3 Å². The molecule has 162 valence electrons.